The van der Waals surface area contributed by atoms with Gasteiger partial charge in [0.1, 0.15) is 34.5 Å². The van der Waals surface area contributed by atoms with Gasteiger partial charge in [0.05, 0.1) is 42.7 Å². The van der Waals surface area contributed by atoms with Gasteiger partial charge in [0.25, 0.3) is 0 Å². The van der Waals surface area contributed by atoms with Gasteiger partial charge in [-0.15, -0.1) is 0 Å². The summed E-state index contributed by atoms with van der Waals surface area (Å²) >= 11 is 0. The normalized spacial score (nSPS) is 13.3. The summed E-state index contributed by atoms with van der Waals surface area (Å²) in [6, 6.07) is 26.7. The molecule has 12 nitrogen and oxygen atoms in total. The number of esters is 3. The van der Waals surface area contributed by atoms with Crippen LogP contribution >= 0.6 is 0 Å². The summed E-state index contributed by atoms with van der Waals surface area (Å²) in [5.74, 6) is 2.24. The Hall–Kier alpha value is -7.47. The summed E-state index contributed by atoms with van der Waals surface area (Å²) in [7, 11) is 9.26. The molecule has 0 heterocycles. The van der Waals surface area contributed by atoms with E-state index in [1.165, 1.54) is 21.3 Å². The highest BCUT2D eigenvalue weighted by molar-refractivity contribution is 5.73. The van der Waals surface area contributed by atoms with Gasteiger partial charge in [0.15, 0.2) is 19.8 Å². The van der Waals surface area contributed by atoms with Gasteiger partial charge >= 0.3 is 17.9 Å². The minimum absolute atomic E-state index is 0.314. The van der Waals surface area contributed by atoms with E-state index in [0.717, 1.165) is 100 Å². The Morgan fingerprint density at radius 2 is 0.389 bits per heavy atom. The Kier molecular flexibility index (Phi) is 21.1. The maximum atomic E-state index is 13.3. The second kappa shape index (κ2) is 27.2. The molecular weight excluding hydrogens is 1130 g/mol. The van der Waals surface area contributed by atoms with E-state index in [-0.39, 0.29) is 52.3 Å². The molecule has 0 fully saturated rings. The molecule has 0 aromatic heterocycles. The molecule has 6 aromatic rings. The quantitative estimate of drug-likeness (QED) is 0.0851. The number of fused-ring (bicyclic) bond motifs is 12. The Morgan fingerprint density at radius 3 is 0.500 bits per heavy atom. The number of carbonyl (C=O) groups excluding carboxylic acids is 3. The van der Waals surface area contributed by atoms with E-state index in [1.807, 2.05) is 0 Å². The van der Waals surface area contributed by atoms with Crippen LogP contribution in [0.25, 0.3) is 0 Å². The Morgan fingerprint density at radius 1 is 0.256 bits per heavy atom. The van der Waals surface area contributed by atoms with Crippen molar-refractivity contribution in [3.63, 3.8) is 0 Å². The highest BCUT2D eigenvalue weighted by Crippen LogP contribution is 2.46. The van der Waals surface area contributed by atoms with Crippen LogP contribution in [0.4, 0.5) is 0 Å². The third kappa shape index (κ3) is 16.5. The smallest absolute Gasteiger partial charge is 0.343 e. The molecule has 0 atom stereocenters. The molecule has 7 rings (SSSR count). The Bertz CT molecular complexity index is 3110. The van der Waals surface area contributed by atoms with E-state index in [2.05, 4.69) is 197 Å². The molecule has 486 valence electrons. The topological polar surface area (TPSA) is 134 Å². The van der Waals surface area contributed by atoms with Crippen molar-refractivity contribution in [1.29, 1.82) is 0 Å². The lowest BCUT2D eigenvalue weighted by Crippen LogP contribution is -2.19. The zero-order valence-corrected chi connectivity index (χ0v) is 58.7. The molecule has 12 heteroatoms. The number of rotatable bonds is 12. The van der Waals surface area contributed by atoms with Gasteiger partial charge in [-0.25, -0.2) is 14.4 Å². The number of methoxy groups -OCH3 is 6. The lowest BCUT2D eigenvalue weighted by Gasteiger charge is -2.29. The number of ether oxygens (including phenoxy) is 9. The molecule has 0 aliphatic heterocycles. The molecule has 12 bridgehead atoms. The van der Waals surface area contributed by atoms with Crippen LogP contribution in [0.1, 0.15) is 225 Å². The lowest BCUT2D eigenvalue weighted by atomic mass is 9.79. The number of hydrogen-bond acceptors (Lipinski definition) is 12. The Balaban J connectivity index is 1.72. The van der Waals surface area contributed by atoms with Crippen molar-refractivity contribution in [2.45, 2.75) is 196 Å². The van der Waals surface area contributed by atoms with Crippen molar-refractivity contribution in [2.24, 2.45) is 0 Å². The third-order valence-corrected chi connectivity index (χ3v) is 17.2. The van der Waals surface area contributed by atoms with E-state index < -0.39 is 17.9 Å². The maximum absolute atomic E-state index is 13.3. The van der Waals surface area contributed by atoms with Gasteiger partial charge in [-0.3, -0.25) is 0 Å². The van der Waals surface area contributed by atoms with Crippen LogP contribution in [-0.2, 0) is 99.6 Å². The first-order valence-electron chi connectivity index (χ1n) is 31.5. The molecule has 0 unspecified atom stereocenters. The van der Waals surface area contributed by atoms with Gasteiger partial charge in [0.2, 0.25) is 0 Å². The molecule has 0 saturated carbocycles. The second-order valence-corrected chi connectivity index (χ2v) is 30.5. The first-order valence-corrected chi connectivity index (χ1v) is 31.5. The van der Waals surface area contributed by atoms with Crippen LogP contribution < -0.4 is 28.4 Å². The average Bonchev–Trinajstić information content (AvgIpc) is 0.853. The minimum Gasteiger partial charge on any atom is -0.496 e. The molecule has 1 aliphatic carbocycles. The maximum Gasteiger partial charge on any atom is 0.343 e. The molecule has 90 heavy (non-hydrogen) atoms. The molecule has 0 spiro atoms. The predicted octanol–water partition coefficient (Wildman–Crippen LogP) is 16.0. The van der Waals surface area contributed by atoms with Gasteiger partial charge in [-0.1, -0.05) is 197 Å². The molecular formula is C78H102O12. The molecule has 6 aromatic carbocycles. The fourth-order valence-corrected chi connectivity index (χ4v) is 11.8. The summed E-state index contributed by atoms with van der Waals surface area (Å²) < 4.78 is 56.1. The molecule has 0 amide bonds. The summed E-state index contributed by atoms with van der Waals surface area (Å²) in [5, 5.41) is 0. The monoisotopic (exact) mass is 1230 g/mol. The zero-order chi connectivity index (χ0) is 66.8. The van der Waals surface area contributed by atoms with Gasteiger partial charge in [0, 0.05) is 38.5 Å². The highest BCUT2D eigenvalue weighted by atomic mass is 16.6. The summed E-state index contributed by atoms with van der Waals surface area (Å²) in [5.41, 5.74) is 15.3. The van der Waals surface area contributed by atoms with Gasteiger partial charge in [-0.2, -0.15) is 0 Å². The number of carbonyl (C=O) groups is 3. The fourth-order valence-electron chi connectivity index (χ4n) is 11.8. The van der Waals surface area contributed by atoms with E-state index in [0.29, 0.717) is 73.0 Å². The predicted molar refractivity (Wildman–Crippen MR) is 360 cm³/mol. The van der Waals surface area contributed by atoms with Crippen molar-refractivity contribution in [3.05, 3.63) is 173 Å². The Labute approximate surface area is 538 Å². The van der Waals surface area contributed by atoms with Crippen LogP contribution in [-0.4, -0.2) is 80.4 Å². The average molecular weight is 1230 g/mol. The van der Waals surface area contributed by atoms with Crippen molar-refractivity contribution in [1.82, 2.24) is 0 Å². The zero-order valence-electron chi connectivity index (χ0n) is 58.7. The van der Waals surface area contributed by atoms with E-state index in [9.17, 15) is 14.4 Å². The number of benzene rings is 6. The molecule has 0 saturated heterocycles. The van der Waals surface area contributed by atoms with Crippen molar-refractivity contribution in [2.75, 3.05) is 62.5 Å². The lowest BCUT2D eigenvalue weighted by molar-refractivity contribution is -0.143. The van der Waals surface area contributed by atoms with E-state index >= 15 is 0 Å². The van der Waals surface area contributed by atoms with Crippen LogP contribution in [0.2, 0.25) is 0 Å². The third-order valence-electron chi connectivity index (χ3n) is 17.2. The van der Waals surface area contributed by atoms with E-state index in [1.54, 1.807) is 21.3 Å². The summed E-state index contributed by atoms with van der Waals surface area (Å²) in [6.07, 6.45) is 2.19. The largest absolute Gasteiger partial charge is 0.496 e. The SMILES string of the molecule is COC(=O)COc1c2cc(C(C)(C)C)cc1Cc1cc(C(C)(C)C)cc(c1OC)Cc1cc(C(C)(C)C)cc(c1OCC(=O)OC)Cc1cc(C(C)(C)C)cc(c1OC)Cc1cc(C(C)(C)C)cc(c1OCC(=O)OC)Cc1cc(C(C)(C)C)cc(c1OC)C2. The first kappa shape index (κ1) is 70.0. The van der Waals surface area contributed by atoms with E-state index in [4.69, 9.17) is 42.6 Å². The van der Waals surface area contributed by atoms with Gasteiger partial charge in [-0.05, 0) is 133 Å². The van der Waals surface area contributed by atoms with Crippen molar-refractivity contribution < 1.29 is 57.0 Å². The van der Waals surface area contributed by atoms with Crippen LogP contribution in [0.5, 0.6) is 34.5 Å². The van der Waals surface area contributed by atoms with Crippen LogP contribution in [0, 0.1) is 0 Å². The van der Waals surface area contributed by atoms with Crippen molar-refractivity contribution in [3.8, 4) is 34.5 Å². The van der Waals surface area contributed by atoms with Gasteiger partial charge < -0.3 is 42.6 Å². The summed E-state index contributed by atoms with van der Waals surface area (Å²) in [6.45, 7) is 38.8. The highest BCUT2D eigenvalue weighted by Gasteiger charge is 2.32. The standard InChI is InChI=1S/C78H102O12/c1-73(2,3)58-31-46-25-52-37-61(76(10,11)12)39-54(70(52)88-43-64(79)82-19)27-48-33-59(74(4,5)6)35-50(68(48)86-23)29-56-41-63(78(16,17)18)42-57(72(56)90-45-66(81)84-21)30-51-36-60(75(7,8)9)34-49(69(51)87-24)28-55-40-62(77(13,14)15)38-53(26-47(32-58)67(46)85-22)71(55)89-44-65(80)83-20/h31-42H,25-30,43-45H2,1-24H3. The minimum atomic E-state index is -0.514. The molecule has 1 aliphatic rings. The molecule has 0 N–H and O–H groups in total. The van der Waals surface area contributed by atoms with Crippen LogP contribution in [0.3, 0.4) is 0 Å². The van der Waals surface area contributed by atoms with Crippen molar-refractivity contribution >= 4 is 17.9 Å². The molecule has 0 radical (unpaired) electrons. The number of hydrogen-bond donors (Lipinski definition) is 0. The fraction of sp³-hybridized carbons (Fsp3) is 0.500. The summed E-state index contributed by atoms with van der Waals surface area (Å²) in [4.78, 5) is 39.9. The van der Waals surface area contributed by atoms with Crippen LogP contribution in [0.15, 0.2) is 72.8 Å². The second-order valence-electron chi connectivity index (χ2n) is 30.5. The first-order chi connectivity index (χ1) is 41.8.